The van der Waals surface area contributed by atoms with Crippen molar-refractivity contribution in [3.05, 3.63) is 5.82 Å². The number of aryl methyl sites for hydroxylation is 1. The fourth-order valence-corrected chi connectivity index (χ4v) is 4.40. The number of hydrogen-bond acceptors (Lipinski definition) is 5. The average molecular weight is 346 g/mol. The van der Waals surface area contributed by atoms with E-state index in [4.69, 9.17) is 0 Å². The summed E-state index contributed by atoms with van der Waals surface area (Å²) in [4.78, 5) is 29.6. The molecule has 0 radical (unpaired) electrons. The molecule has 0 bridgehead atoms. The molecule has 8 heteroatoms. The van der Waals surface area contributed by atoms with E-state index >= 15 is 0 Å². The number of likely N-dealkylation sites (tertiary alicyclic amines) is 2. The number of amides is 2. The Morgan fingerprint density at radius 1 is 1.24 bits per heavy atom. The summed E-state index contributed by atoms with van der Waals surface area (Å²) in [5.41, 5.74) is -0.354. The summed E-state index contributed by atoms with van der Waals surface area (Å²) in [6, 6.07) is 0. The summed E-state index contributed by atoms with van der Waals surface area (Å²) in [7, 11) is 0. The van der Waals surface area contributed by atoms with E-state index in [1.165, 1.54) is 23.9 Å². The Morgan fingerprint density at radius 3 is 2.76 bits per heavy atom. The molecule has 0 N–H and O–H groups in total. The first kappa shape index (κ1) is 16.5. The van der Waals surface area contributed by atoms with Gasteiger partial charge in [0.25, 0.3) is 0 Å². The number of piperidine rings is 1. The Morgan fingerprint density at radius 2 is 2.08 bits per heavy atom. The van der Waals surface area contributed by atoms with E-state index in [1.54, 1.807) is 6.92 Å². The van der Waals surface area contributed by atoms with Gasteiger partial charge >= 0.3 is 0 Å². The molecule has 0 aromatic carbocycles. The lowest BCUT2D eigenvalue weighted by atomic mass is 9.77. The van der Waals surface area contributed by atoms with Gasteiger partial charge in [-0.1, -0.05) is 6.42 Å². The van der Waals surface area contributed by atoms with Gasteiger partial charge in [-0.3, -0.25) is 9.59 Å². The zero-order valence-electron chi connectivity index (χ0n) is 14.9. The normalized spacial score (nSPS) is 27.2. The third kappa shape index (κ3) is 3.02. The maximum absolute atomic E-state index is 13.1. The second-order valence-corrected chi connectivity index (χ2v) is 7.88. The van der Waals surface area contributed by atoms with Crippen LogP contribution in [0.3, 0.4) is 0 Å². The highest BCUT2D eigenvalue weighted by Gasteiger charge is 2.49. The Balaban J connectivity index is 1.40. The van der Waals surface area contributed by atoms with Crippen molar-refractivity contribution < 1.29 is 9.59 Å². The molecule has 1 unspecified atom stereocenters. The molecule has 8 nitrogen and oxygen atoms in total. The zero-order valence-corrected chi connectivity index (χ0v) is 14.9. The molecule has 1 atom stereocenters. The SMILES string of the molecule is Cc1nnnn1CC(=O)N1CCC2(CCCN(CC3CCC3)C2=O)C1. The van der Waals surface area contributed by atoms with Crippen molar-refractivity contribution in [2.45, 2.75) is 52.0 Å². The molecule has 1 saturated carbocycles. The first-order valence-electron chi connectivity index (χ1n) is 9.37. The van der Waals surface area contributed by atoms with Crippen LogP contribution in [-0.2, 0) is 16.1 Å². The molecule has 1 aliphatic carbocycles. The van der Waals surface area contributed by atoms with Crippen LogP contribution in [0, 0.1) is 18.3 Å². The van der Waals surface area contributed by atoms with Gasteiger partial charge in [0.2, 0.25) is 11.8 Å². The van der Waals surface area contributed by atoms with Crippen molar-refractivity contribution in [3.8, 4) is 0 Å². The molecule has 2 amide bonds. The van der Waals surface area contributed by atoms with Crippen LogP contribution < -0.4 is 0 Å². The number of hydrogen-bond donors (Lipinski definition) is 0. The van der Waals surface area contributed by atoms with Crippen LogP contribution in [0.1, 0.15) is 44.3 Å². The molecule has 1 aromatic rings. The van der Waals surface area contributed by atoms with Crippen LogP contribution in [-0.4, -0.2) is 68.0 Å². The predicted molar refractivity (Wildman–Crippen MR) is 89.3 cm³/mol. The monoisotopic (exact) mass is 346 g/mol. The Labute approximate surface area is 147 Å². The van der Waals surface area contributed by atoms with Crippen LogP contribution in [0.25, 0.3) is 0 Å². The van der Waals surface area contributed by atoms with Gasteiger partial charge in [-0.05, 0) is 55.4 Å². The minimum absolute atomic E-state index is 0.00353. The average Bonchev–Trinajstić information content (AvgIpc) is 3.15. The summed E-state index contributed by atoms with van der Waals surface area (Å²) in [5.74, 6) is 1.60. The molecule has 25 heavy (non-hydrogen) atoms. The van der Waals surface area contributed by atoms with Crippen molar-refractivity contribution in [3.63, 3.8) is 0 Å². The Bertz CT molecular complexity index is 670. The minimum Gasteiger partial charge on any atom is -0.342 e. The largest absolute Gasteiger partial charge is 0.342 e. The highest BCUT2D eigenvalue weighted by Crippen LogP contribution is 2.41. The summed E-state index contributed by atoms with van der Waals surface area (Å²) in [5, 5.41) is 11.2. The van der Waals surface area contributed by atoms with E-state index in [1.807, 2.05) is 4.90 Å². The lowest BCUT2D eigenvalue weighted by molar-refractivity contribution is -0.147. The van der Waals surface area contributed by atoms with Crippen molar-refractivity contribution >= 4 is 11.8 Å². The van der Waals surface area contributed by atoms with Crippen LogP contribution in [0.5, 0.6) is 0 Å². The topological polar surface area (TPSA) is 84.2 Å². The lowest BCUT2D eigenvalue weighted by Gasteiger charge is -2.42. The van der Waals surface area contributed by atoms with Crippen LogP contribution >= 0.6 is 0 Å². The first-order chi connectivity index (χ1) is 12.1. The van der Waals surface area contributed by atoms with E-state index in [-0.39, 0.29) is 23.8 Å². The Hall–Kier alpha value is -1.99. The van der Waals surface area contributed by atoms with E-state index in [0.717, 1.165) is 32.4 Å². The number of aromatic nitrogens is 4. The second-order valence-electron chi connectivity index (χ2n) is 7.88. The molecule has 1 spiro atoms. The first-order valence-corrected chi connectivity index (χ1v) is 9.37. The molecule has 3 heterocycles. The van der Waals surface area contributed by atoms with Gasteiger partial charge in [-0.2, -0.15) is 0 Å². The maximum atomic E-state index is 13.1. The molecule has 2 aliphatic heterocycles. The fraction of sp³-hybridized carbons (Fsp3) is 0.824. The molecule has 136 valence electrons. The van der Waals surface area contributed by atoms with Gasteiger partial charge in [0.05, 0.1) is 5.41 Å². The van der Waals surface area contributed by atoms with E-state index in [2.05, 4.69) is 20.4 Å². The second kappa shape index (κ2) is 6.38. The number of rotatable bonds is 4. The number of carbonyl (C=O) groups is 2. The minimum atomic E-state index is -0.354. The van der Waals surface area contributed by atoms with Gasteiger partial charge in [-0.15, -0.1) is 5.10 Å². The quantitative estimate of drug-likeness (QED) is 0.798. The Kier molecular flexibility index (Phi) is 4.21. The summed E-state index contributed by atoms with van der Waals surface area (Å²) >= 11 is 0. The van der Waals surface area contributed by atoms with Crippen LogP contribution in [0.4, 0.5) is 0 Å². The summed E-state index contributed by atoms with van der Waals surface area (Å²) in [6.07, 6.45) is 6.55. The zero-order chi connectivity index (χ0) is 17.4. The van der Waals surface area contributed by atoms with Crippen LogP contribution in [0.15, 0.2) is 0 Å². The number of carbonyl (C=O) groups excluding carboxylic acids is 2. The van der Waals surface area contributed by atoms with Gasteiger partial charge in [-0.25, -0.2) is 4.68 Å². The van der Waals surface area contributed by atoms with E-state index in [0.29, 0.717) is 24.8 Å². The predicted octanol–water partition coefficient (Wildman–Crippen LogP) is 0.623. The fourth-order valence-electron chi connectivity index (χ4n) is 4.40. The molecule has 3 aliphatic rings. The third-order valence-electron chi connectivity index (χ3n) is 6.23. The van der Waals surface area contributed by atoms with E-state index < -0.39 is 0 Å². The van der Waals surface area contributed by atoms with Crippen molar-refractivity contribution in [1.29, 1.82) is 0 Å². The highest BCUT2D eigenvalue weighted by atomic mass is 16.2. The van der Waals surface area contributed by atoms with Crippen molar-refractivity contribution in [2.24, 2.45) is 11.3 Å². The lowest BCUT2D eigenvalue weighted by Crippen LogP contribution is -2.52. The molecule has 2 saturated heterocycles. The molecular formula is C17H26N6O2. The highest BCUT2D eigenvalue weighted by molar-refractivity contribution is 5.86. The van der Waals surface area contributed by atoms with Gasteiger partial charge in [0.1, 0.15) is 12.4 Å². The van der Waals surface area contributed by atoms with Crippen LogP contribution in [0.2, 0.25) is 0 Å². The standard InChI is InChI=1S/C17H26N6O2/c1-13-18-19-20-23(13)11-15(24)22-9-7-17(12-22)6-3-8-21(16(17)25)10-14-4-2-5-14/h14H,2-12H2,1H3. The molecule has 4 rings (SSSR count). The number of tetrazole rings is 1. The van der Waals surface area contributed by atoms with Crippen molar-refractivity contribution in [2.75, 3.05) is 26.2 Å². The smallest absolute Gasteiger partial charge is 0.244 e. The maximum Gasteiger partial charge on any atom is 0.244 e. The van der Waals surface area contributed by atoms with Gasteiger partial charge in [0.15, 0.2) is 0 Å². The summed E-state index contributed by atoms with van der Waals surface area (Å²) in [6.45, 7) is 4.93. The molecule has 1 aromatic heterocycles. The molecular weight excluding hydrogens is 320 g/mol. The number of nitrogens with zero attached hydrogens (tertiary/aromatic N) is 6. The van der Waals surface area contributed by atoms with E-state index in [9.17, 15) is 9.59 Å². The van der Waals surface area contributed by atoms with Gasteiger partial charge in [0, 0.05) is 26.2 Å². The van der Waals surface area contributed by atoms with Crippen molar-refractivity contribution in [1.82, 2.24) is 30.0 Å². The van der Waals surface area contributed by atoms with Gasteiger partial charge < -0.3 is 9.80 Å². The third-order valence-corrected chi connectivity index (χ3v) is 6.23. The molecule has 3 fully saturated rings. The summed E-state index contributed by atoms with van der Waals surface area (Å²) < 4.78 is 1.51.